The van der Waals surface area contributed by atoms with Gasteiger partial charge in [-0.3, -0.25) is 24.0 Å². The Bertz CT molecular complexity index is 1440. The van der Waals surface area contributed by atoms with Gasteiger partial charge in [-0.25, -0.2) is 0 Å². The standard InChI is InChI=1S/C33H41Cl2F3N4O4/c1-19(2)5-8-21(32-12-3-4-22(32)14-32)11-13-41(18-27(43)28-25(34)16-39-17-26(28)35)30(44)24-15-40-42(29(24)33(36,37)38)23-9-6-20(7-10-23)31(45)46/h15-17,19-23H,3-14,18H2,1-2H3,(H,45,46). The van der Waals surface area contributed by atoms with Crippen molar-refractivity contribution < 1.29 is 32.7 Å². The second kappa shape index (κ2) is 13.8. The maximum Gasteiger partial charge on any atom is 0.433 e. The Morgan fingerprint density at radius 2 is 1.72 bits per heavy atom. The van der Waals surface area contributed by atoms with Gasteiger partial charge in [0.25, 0.3) is 5.91 Å². The molecule has 0 spiro atoms. The van der Waals surface area contributed by atoms with Crippen LogP contribution in [0, 0.1) is 29.1 Å². The van der Waals surface area contributed by atoms with Crippen molar-refractivity contribution in [2.24, 2.45) is 29.1 Å². The molecule has 1 amide bonds. The van der Waals surface area contributed by atoms with Crippen molar-refractivity contribution in [1.82, 2.24) is 19.7 Å². The first-order valence-corrected chi connectivity index (χ1v) is 17.0. The molecule has 3 unspecified atom stereocenters. The van der Waals surface area contributed by atoms with Gasteiger partial charge in [0.05, 0.1) is 45.9 Å². The van der Waals surface area contributed by atoms with E-state index in [1.165, 1.54) is 23.7 Å². The summed E-state index contributed by atoms with van der Waals surface area (Å²) in [5.74, 6) is -1.71. The van der Waals surface area contributed by atoms with E-state index in [1.807, 2.05) is 0 Å². The number of Topliss-reactive ketones (excluding diaryl/α,β-unsaturated/α-hetero) is 1. The van der Waals surface area contributed by atoms with Crippen LogP contribution in [0.15, 0.2) is 18.6 Å². The van der Waals surface area contributed by atoms with Crippen LogP contribution in [0.3, 0.4) is 0 Å². The van der Waals surface area contributed by atoms with E-state index in [0.717, 1.165) is 43.0 Å². The minimum absolute atomic E-state index is 0.00820. The van der Waals surface area contributed by atoms with Crippen molar-refractivity contribution in [3.05, 3.63) is 45.5 Å². The Balaban J connectivity index is 1.45. The van der Waals surface area contributed by atoms with Gasteiger partial charge in [-0.15, -0.1) is 0 Å². The van der Waals surface area contributed by atoms with Crippen molar-refractivity contribution in [2.45, 2.75) is 96.7 Å². The summed E-state index contributed by atoms with van der Waals surface area (Å²) >= 11 is 12.5. The normalized spacial score (nSPS) is 24.9. The van der Waals surface area contributed by atoms with Crippen LogP contribution in [0.2, 0.25) is 10.0 Å². The molecule has 2 heterocycles. The fraction of sp³-hybridized carbons (Fsp3) is 0.667. The molecule has 252 valence electrons. The summed E-state index contributed by atoms with van der Waals surface area (Å²) in [6.07, 6.45) is 6.46. The number of nitrogens with zero attached hydrogens (tertiary/aromatic N) is 4. The van der Waals surface area contributed by atoms with Crippen LogP contribution in [0.25, 0.3) is 0 Å². The van der Waals surface area contributed by atoms with Crippen LogP contribution in [-0.4, -0.2) is 55.5 Å². The first-order valence-electron chi connectivity index (χ1n) is 16.2. The SMILES string of the molecule is CC(C)CCC(CCN(CC(=O)c1c(Cl)cncc1Cl)C(=O)c1cnn(C2CCC(C(=O)O)CC2)c1C(F)(F)F)C12CCCC1C2. The molecule has 1 N–H and O–H groups in total. The first-order chi connectivity index (χ1) is 21.7. The number of hydrogen-bond donors (Lipinski definition) is 1. The van der Waals surface area contributed by atoms with Crippen LogP contribution in [0.4, 0.5) is 13.2 Å². The molecule has 3 aliphatic carbocycles. The van der Waals surface area contributed by atoms with E-state index in [4.69, 9.17) is 23.2 Å². The maximum absolute atomic E-state index is 14.7. The van der Waals surface area contributed by atoms with Gasteiger partial charge >= 0.3 is 12.1 Å². The molecule has 46 heavy (non-hydrogen) atoms. The van der Waals surface area contributed by atoms with Crippen molar-refractivity contribution in [3.63, 3.8) is 0 Å². The van der Waals surface area contributed by atoms with Gasteiger partial charge in [0.15, 0.2) is 11.5 Å². The minimum atomic E-state index is -4.91. The highest BCUT2D eigenvalue weighted by molar-refractivity contribution is 6.39. The molecule has 0 bridgehead atoms. The Morgan fingerprint density at radius 3 is 2.26 bits per heavy atom. The average molecular weight is 686 g/mol. The number of ketones is 1. The molecule has 13 heteroatoms. The number of amides is 1. The van der Waals surface area contributed by atoms with Crippen LogP contribution >= 0.6 is 23.2 Å². The largest absolute Gasteiger partial charge is 0.481 e. The summed E-state index contributed by atoms with van der Waals surface area (Å²) in [6, 6.07) is -0.702. The highest BCUT2D eigenvalue weighted by Gasteiger charge is 2.60. The number of fused-ring (bicyclic) bond motifs is 1. The van der Waals surface area contributed by atoms with Crippen molar-refractivity contribution in [1.29, 1.82) is 0 Å². The summed E-state index contributed by atoms with van der Waals surface area (Å²) in [7, 11) is 0. The number of carbonyl (C=O) groups is 3. The molecule has 3 aliphatic rings. The third-order valence-corrected chi connectivity index (χ3v) is 11.1. The number of carbonyl (C=O) groups excluding carboxylic acids is 2. The van der Waals surface area contributed by atoms with E-state index < -0.39 is 53.6 Å². The van der Waals surface area contributed by atoms with Crippen molar-refractivity contribution in [2.75, 3.05) is 13.1 Å². The Labute approximate surface area is 277 Å². The van der Waals surface area contributed by atoms with Gasteiger partial charge in [-0.05, 0) is 81.0 Å². The van der Waals surface area contributed by atoms with Gasteiger partial charge in [0, 0.05) is 18.9 Å². The number of alkyl halides is 3. The van der Waals surface area contributed by atoms with E-state index in [1.54, 1.807) is 0 Å². The molecule has 0 saturated heterocycles. The van der Waals surface area contributed by atoms with E-state index in [2.05, 4.69) is 23.9 Å². The molecular formula is C33H41Cl2F3N4O4. The first kappa shape index (κ1) is 34.7. The van der Waals surface area contributed by atoms with Gasteiger partial charge in [-0.2, -0.15) is 18.3 Å². The fourth-order valence-corrected chi connectivity index (χ4v) is 8.62. The third-order valence-electron chi connectivity index (χ3n) is 10.6. The van der Waals surface area contributed by atoms with Crippen LogP contribution in [0.5, 0.6) is 0 Å². The molecule has 0 aromatic carbocycles. The van der Waals surface area contributed by atoms with Crippen LogP contribution in [0.1, 0.15) is 117 Å². The molecule has 3 fully saturated rings. The lowest BCUT2D eigenvalue weighted by atomic mass is 9.79. The van der Waals surface area contributed by atoms with E-state index in [9.17, 15) is 32.7 Å². The second-order valence-corrected chi connectivity index (χ2v) is 14.6. The number of rotatable bonds is 13. The molecular weight excluding hydrogens is 644 g/mol. The predicted octanol–water partition coefficient (Wildman–Crippen LogP) is 8.38. The summed E-state index contributed by atoms with van der Waals surface area (Å²) < 4.78 is 44.9. The number of aliphatic carboxylic acids is 1. The fourth-order valence-electron chi connectivity index (χ4n) is 8.04. The van der Waals surface area contributed by atoms with Crippen LogP contribution < -0.4 is 0 Å². The lowest BCUT2D eigenvalue weighted by Gasteiger charge is -2.31. The summed E-state index contributed by atoms with van der Waals surface area (Å²) in [5, 5.41) is 13.4. The lowest BCUT2D eigenvalue weighted by Crippen LogP contribution is -2.39. The number of carboxylic acids is 1. The Hall–Kier alpha value is -2.66. The smallest absolute Gasteiger partial charge is 0.433 e. The topological polar surface area (TPSA) is 105 Å². The molecule has 0 aliphatic heterocycles. The van der Waals surface area contributed by atoms with E-state index in [-0.39, 0.29) is 59.2 Å². The highest BCUT2D eigenvalue weighted by atomic mass is 35.5. The Morgan fingerprint density at radius 1 is 1.04 bits per heavy atom. The summed E-state index contributed by atoms with van der Waals surface area (Å²) in [5.41, 5.74) is -1.63. The predicted molar refractivity (Wildman–Crippen MR) is 167 cm³/mol. The van der Waals surface area contributed by atoms with Crippen LogP contribution in [-0.2, 0) is 11.0 Å². The van der Waals surface area contributed by atoms with Crippen molar-refractivity contribution >= 4 is 40.9 Å². The number of halogens is 5. The average Bonchev–Trinajstić information content (AvgIpc) is 3.31. The molecule has 3 atom stereocenters. The summed E-state index contributed by atoms with van der Waals surface area (Å²) in [6.45, 7) is 3.90. The number of aromatic nitrogens is 3. The molecule has 0 radical (unpaired) electrons. The molecule has 5 rings (SSSR count). The number of carboxylic acid groups (broad SMARTS) is 1. The van der Waals surface area contributed by atoms with E-state index in [0.29, 0.717) is 18.3 Å². The van der Waals surface area contributed by atoms with E-state index >= 15 is 0 Å². The molecule has 2 aromatic rings. The van der Waals surface area contributed by atoms with Crippen molar-refractivity contribution in [3.8, 4) is 0 Å². The van der Waals surface area contributed by atoms with Gasteiger partial charge in [-0.1, -0.05) is 49.9 Å². The van der Waals surface area contributed by atoms with Gasteiger partial charge in [0.2, 0.25) is 0 Å². The van der Waals surface area contributed by atoms with Gasteiger partial charge in [0.1, 0.15) is 0 Å². The minimum Gasteiger partial charge on any atom is -0.481 e. The zero-order chi connectivity index (χ0) is 33.4. The zero-order valence-corrected chi connectivity index (χ0v) is 27.7. The third kappa shape index (κ3) is 7.25. The second-order valence-electron chi connectivity index (χ2n) is 13.8. The van der Waals surface area contributed by atoms with Gasteiger partial charge < -0.3 is 10.0 Å². The summed E-state index contributed by atoms with van der Waals surface area (Å²) in [4.78, 5) is 44.2. The number of pyridine rings is 1. The Kier molecular flexibility index (Phi) is 10.4. The number of hydrogen-bond acceptors (Lipinski definition) is 5. The highest BCUT2D eigenvalue weighted by Crippen LogP contribution is 2.69. The lowest BCUT2D eigenvalue weighted by molar-refractivity contribution is -0.147. The zero-order valence-electron chi connectivity index (χ0n) is 26.2. The molecule has 3 saturated carbocycles. The molecule has 8 nitrogen and oxygen atoms in total. The monoisotopic (exact) mass is 684 g/mol. The quantitative estimate of drug-likeness (QED) is 0.213. The molecule has 2 aromatic heterocycles. The maximum atomic E-state index is 14.7.